The first kappa shape index (κ1) is 19.9. The van der Waals surface area contributed by atoms with Crippen LogP contribution in [0.3, 0.4) is 0 Å². The molecule has 4 nitrogen and oxygen atoms in total. The lowest BCUT2D eigenvalue weighted by atomic mass is 9.91. The molecule has 1 heterocycles. The van der Waals surface area contributed by atoms with Crippen molar-refractivity contribution in [3.05, 3.63) is 69.5 Å². The Hall–Kier alpha value is -2.40. The highest BCUT2D eigenvalue weighted by atomic mass is 35.5. The van der Waals surface area contributed by atoms with Gasteiger partial charge in [-0.05, 0) is 50.5 Å². The minimum atomic E-state index is -0.469. The van der Waals surface area contributed by atoms with Gasteiger partial charge in [0.05, 0.1) is 16.0 Å². The second kappa shape index (κ2) is 7.45. The molecule has 0 spiro atoms. The third kappa shape index (κ3) is 3.76. The summed E-state index contributed by atoms with van der Waals surface area (Å²) in [6, 6.07) is 10.2. The van der Waals surface area contributed by atoms with Crippen molar-refractivity contribution >= 4 is 23.4 Å². The number of rotatable bonds is 3. The van der Waals surface area contributed by atoms with Crippen LogP contribution < -0.4 is 0 Å². The highest BCUT2D eigenvalue weighted by Gasteiger charge is 2.53. The SMILES string of the molecule is Cc1cc(C)cc(C2(C(=O)N3CCN(C(=O)c4ccc(F)cc4Cl)CC3)CC2)c1. The van der Waals surface area contributed by atoms with E-state index in [1.807, 2.05) is 4.90 Å². The van der Waals surface area contributed by atoms with Crippen molar-refractivity contribution in [1.29, 1.82) is 0 Å². The van der Waals surface area contributed by atoms with Gasteiger partial charge in [-0.25, -0.2) is 4.39 Å². The summed E-state index contributed by atoms with van der Waals surface area (Å²) in [5.74, 6) is -0.532. The average molecular weight is 415 g/mol. The molecule has 0 aromatic heterocycles. The maximum Gasteiger partial charge on any atom is 0.255 e. The Labute approximate surface area is 175 Å². The van der Waals surface area contributed by atoms with Crippen LogP contribution in [-0.2, 0) is 10.2 Å². The van der Waals surface area contributed by atoms with Crippen LogP contribution in [0.5, 0.6) is 0 Å². The number of carbonyl (C=O) groups excluding carboxylic acids is 2. The number of hydrogen-bond acceptors (Lipinski definition) is 2. The number of nitrogens with zero attached hydrogens (tertiary/aromatic N) is 2. The summed E-state index contributed by atoms with van der Waals surface area (Å²) in [7, 11) is 0. The molecule has 1 aliphatic carbocycles. The number of aryl methyl sites for hydroxylation is 2. The molecule has 29 heavy (non-hydrogen) atoms. The Morgan fingerprint density at radius 1 is 0.931 bits per heavy atom. The van der Waals surface area contributed by atoms with Crippen molar-refractivity contribution < 1.29 is 14.0 Å². The molecule has 0 atom stereocenters. The fourth-order valence-electron chi connectivity index (χ4n) is 4.25. The molecule has 4 rings (SSSR count). The standard InChI is InChI=1S/C23H24ClFN2O2/c1-15-11-16(2)13-17(12-15)23(5-6-23)22(29)27-9-7-26(8-10-27)21(28)19-4-3-18(25)14-20(19)24/h3-4,11-14H,5-10H2,1-2H3. The lowest BCUT2D eigenvalue weighted by Gasteiger charge is -2.37. The van der Waals surface area contributed by atoms with Crippen molar-refractivity contribution in [2.24, 2.45) is 0 Å². The van der Waals surface area contributed by atoms with Gasteiger partial charge < -0.3 is 9.80 Å². The molecule has 0 N–H and O–H groups in total. The van der Waals surface area contributed by atoms with E-state index in [-0.39, 0.29) is 16.8 Å². The molecular weight excluding hydrogens is 391 g/mol. The zero-order chi connectivity index (χ0) is 20.8. The monoisotopic (exact) mass is 414 g/mol. The lowest BCUT2D eigenvalue weighted by Crippen LogP contribution is -2.53. The number of piperazine rings is 1. The fourth-order valence-corrected chi connectivity index (χ4v) is 4.50. The minimum absolute atomic E-state index is 0.111. The zero-order valence-electron chi connectivity index (χ0n) is 16.7. The van der Waals surface area contributed by atoms with Gasteiger partial charge in [0, 0.05) is 26.2 Å². The summed E-state index contributed by atoms with van der Waals surface area (Å²) in [6.07, 6.45) is 1.75. The number of hydrogen-bond donors (Lipinski definition) is 0. The molecule has 1 saturated heterocycles. The third-order valence-corrected chi connectivity index (χ3v) is 6.26. The Morgan fingerprint density at radius 2 is 1.52 bits per heavy atom. The molecule has 2 amide bonds. The first-order valence-electron chi connectivity index (χ1n) is 9.93. The predicted octanol–water partition coefficient (Wildman–Crippen LogP) is 4.11. The molecule has 0 bridgehead atoms. The Morgan fingerprint density at radius 3 is 2.07 bits per heavy atom. The van der Waals surface area contributed by atoms with Gasteiger partial charge in [-0.1, -0.05) is 40.9 Å². The van der Waals surface area contributed by atoms with Crippen LogP contribution in [0.2, 0.25) is 5.02 Å². The van der Waals surface area contributed by atoms with Gasteiger partial charge in [-0.2, -0.15) is 0 Å². The topological polar surface area (TPSA) is 40.6 Å². The highest BCUT2D eigenvalue weighted by Crippen LogP contribution is 2.50. The first-order valence-corrected chi connectivity index (χ1v) is 10.3. The summed E-state index contributed by atoms with van der Waals surface area (Å²) in [5, 5.41) is 0.111. The Kier molecular flexibility index (Phi) is 5.11. The fraction of sp³-hybridized carbons (Fsp3) is 0.391. The van der Waals surface area contributed by atoms with Crippen LogP contribution in [0.1, 0.15) is 39.9 Å². The number of amides is 2. The normalized spacial score (nSPS) is 17.9. The van der Waals surface area contributed by atoms with Crippen LogP contribution in [0.4, 0.5) is 4.39 Å². The summed E-state index contributed by atoms with van der Waals surface area (Å²) < 4.78 is 13.2. The number of halogens is 2. The van der Waals surface area contributed by atoms with E-state index in [9.17, 15) is 14.0 Å². The summed E-state index contributed by atoms with van der Waals surface area (Å²) in [5.41, 5.74) is 3.35. The maximum absolute atomic E-state index is 13.3. The van der Waals surface area contributed by atoms with E-state index in [2.05, 4.69) is 32.0 Å². The molecule has 1 saturated carbocycles. The van der Waals surface area contributed by atoms with Crippen molar-refractivity contribution in [3.63, 3.8) is 0 Å². The van der Waals surface area contributed by atoms with Gasteiger partial charge in [0.1, 0.15) is 5.82 Å². The van der Waals surface area contributed by atoms with Gasteiger partial charge in [0.25, 0.3) is 5.91 Å². The van der Waals surface area contributed by atoms with Crippen LogP contribution in [0.15, 0.2) is 36.4 Å². The predicted molar refractivity (Wildman–Crippen MR) is 111 cm³/mol. The molecule has 2 aromatic rings. The second-order valence-electron chi connectivity index (χ2n) is 8.17. The molecular formula is C23H24ClFN2O2. The van der Waals surface area contributed by atoms with Crippen molar-refractivity contribution in [2.75, 3.05) is 26.2 Å². The lowest BCUT2D eigenvalue weighted by molar-refractivity contribution is -0.135. The van der Waals surface area contributed by atoms with E-state index in [1.54, 1.807) is 4.90 Å². The van der Waals surface area contributed by atoms with E-state index in [0.29, 0.717) is 31.7 Å². The van der Waals surface area contributed by atoms with E-state index < -0.39 is 11.2 Å². The molecule has 2 aliphatic rings. The zero-order valence-corrected chi connectivity index (χ0v) is 17.4. The van der Waals surface area contributed by atoms with Gasteiger partial charge in [0.2, 0.25) is 5.91 Å². The van der Waals surface area contributed by atoms with Gasteiger partial charge in [0.15, 0.2) is 0 Å². The third-order valence-electron chi connectivity index (χ3n) is 5.95. The van der Waals surface area contributed by atoms with Crippen LogP contribution in [0.25, 0.3) is 0 Å². The number of benzene rings is 2. The van der Waals surface area contributed by atoms with E-state index in [1.165, 1.54) is 23.3 Å². The molecule has 6 heteroatoms. The second-order valence-corrected chi connectivity index (χ2v) is 8.57. The molecule has 2 aromatic carbocycles. The smallest absolute Gasteiger partial charge is 0.255 e. The highest BCUT2D eigenvalue weighted by molar-refractivity contribution is 6.33. The summed E-state index contributed by atoms with van der Waals surface area (Å²) in [6.45, 7) is 6.00. The molecule has 0 radical (unpaired) electrons. The van der Waals surface area contributed by atoms with Crippen LogP contribution >= 0.6 is 11.6 Å². The molecule has 152 valence electrons. The van der Waals surface area contributed by atoms with Crippen molar-refractivity contribution in [1.82, 2.24) is 9.80 Å². The first-order chi connectivity index (χ1) is 13.8. The van der Waals surface area contributed by atoms with Crippen molar-refractivity contribution in [3.8, 4) is 0 Å². The van der Waals surface area contributed by atoms with Gasteiger partial charge in [-0.15, -0.1) is 0 Å². The quantitative estimate of drug-likeness (QED) is 0.758. The molecule has 2 fully saturated rings. The van der Waals surface area contributed by atoms with Crippen molar-refractivity contribution in [2.45, 2.75) is 32.1 Å². The average Bonchev–Trinajstić information content (AvgIpc) is 3.48. The number of carbonyl (C=O) groups is 2. The van der Waals surface area contributed by atoms with E-state index in [4.69, 9.17) is 11.6 Å². The Balaban J connectivity index is 1.44. The van der Waals surface area contributed by atoms with E-state index in [0.717, 1.165) is 24.5 Å². The summed E-state index contributed by atoms with van der Waals surface area (Å²) >= 11 is 6.03. The molecule has 1 aliphatic heterocycles. The van der Waals surface area contributed by atoms with Gasteiger partial charge >= 0.3 is 0 Å². The molecule has 0 unspecified atom stereocenters. The van der Waals surface area contributed by atoms with Gasteiger partial charge in [-0.3, -0.25) is 9.59 Å². The largest absolute Gasteiger partial charge is 0.338 e. The Bertz CT molecular complexity index is 959. The maximum atomic E-state index is 13.3. The minimum Gasteiger partial charge on any atom is -0.338 e. The van der Waals surface area contributed by atoms with Crippen LogP contribution in [0, 0.1) is 19.7 Å². The summed E-state index contributed by atoms with van der Waals surface area (Å²) in [4.78, 5) is 29.6. The van der Waals surface area contributed by atoms with Crippen LogP contribution in [-0.4, -0.2) is 47.8 Å². The van der Waals surface area contributed by atoms with E-state index >= 15 is 0 Å².